The van der Waals surface area contributed by atoms with Crippen LogP contribution in [0.25, 0.3) is 0 Å². The Morgan fingerprint density at radius 2 is 2.00 bits per heavy atom. The Morgan fingerprint density at radius 3 is 2.63 bits per heavy atom. The normalized spacial score (nSPS) is 12.4. The number of hydrogen-bond acceptors (Lipinski definition) is 4. The van der Waals surface area contributed by atoms with Crippen LogP contribution in [0.3, 0.4) is 0 Å². The quantitative estimate of drug-likeness (QED) is 0.801. The van der Waals surface area contributed by atoms with E-state index in [0.717, 1.165) is 11.4 Å². The molecule has 2 aromatic rings. The molecule has 0 saturated heterocycles. The summed E-state index contributed by atoms with van der Waals surface area (Å²) in [6.45, 7) is 6.11. The first kappa shape index (κ1) is 13.7. The number of nitrogens with one attached hydrogen (secondary N) is 1. The van der Waals surface area contributed by atoms with Gasteiger partial charge in [0.25, 0.3) is 0 Å². The van der Waals surface area contributed by atoms with E-state index in [-0.39, 0.29) is 12.1 Å². The third kappa shape index (κ3) is 3.41. The second-order valence-corrected chi connectivity index (χ2v) is 5.59. The van der Waals surface area contributed by atoms with E-state index >= 15 is 0 Å². The van der Waals surface area contributed by atoms with Crippen LogP contribution in [0, 0.1) is 0 Å². The Balaban J connectivity index is 2.16. The summed E-state index contributed by atoms with van der Waals surface area (Å²) in [4.78, 5) is 0. The first-order chi connectivity index (χ1) is 9.08. The van der Waals surface area contributed by atoms with Crippen molar-refractivity contribution >= 4 is 22.7 Å². The van der Waals surface area contributed by atoms with Gasteiger partial charge in [-0.15, -0.1) is 0 Å². The Morgan fingerprint density at radius 1 is 1.21 bits per heavy atom. The average Bonchev–Trinajstić information content (AvgIpc) is 2.87. The first-order valence-electron chi connectivity index (χ1n) is 6.41. The molecular formula is C15H20N2OS. The van der Waals surface area contributed by atoms with Crippen LogP contribution < -0.4 is 15.8 Å². The summed E-state index contributed by atoms with van der Waals surface area (Å²) in [6.07, 6.45) is 0.117. The lowest BCUT2D eigenvalue weighted by Crippen LogP contribution is -2.11. The van der Waals surface area contributed by atoms with Gasteiger partial charge >= 0.3 is 0 Å². The second-order valence-electron chi connectivity index (χ2n) is 4.81. The van der Waals surface area contributed by atoms with E-state index in [4.69, 9.17) is 10.5 Å². The summed E-state index contributed by atoms with van der Waals surface area (Å²) >= 11 is 1.70. The third-order valence-corrected chi connectivity index (χ3v) is 3.55. The summed E-state index contributed by atoms with van der Waals surface area (Å²) in [7, 11) is 0. The Kier molecular flexibility index (Phi) is 4.32. The van der Waals surface area contributed by atoms with Crippen LogP contribution in [0.5, 0.6) is 5.75 Å². The van der Waals surface area contributed by atoms with E-state index in [1.165, 1.54) is 5.56 Å². The monoisotopic (exact) mass is 276 g/mol. The fourth-order valence-corrected chi connectivity index (χ4v) is 2.62. The molecule has 1 aromatic heterocycles. The maximum atomic E-state index is 6.15. The molecule has 102 valence electrons. The summed E-state index contributed by atoms with van der Waals surface area (Å²) in [5.74, 6) is 0.734. The average molecular weight is 276 g/mol. The van der Waals surface area contributed by atoms with E-state index in [1.54, 1.807) is 11.3 Å². The SMILES string of the molecule is CC(C)Oc1cccc(NC(C)c2ccsc2)c1N. The largest absolute Gasteiger partial charge is 0.489 e. The molecule has 0 aliphatic heterocycles. The highest BCUT2D eigenvalue weighted by Crippen LogP contribution is 2.32. The van der Waals surface area contributed by atoms with Gasteiger partial charge in [0.2, 0.25) is 0 Å². The van der Waals surface area contributed by atoms with E-state index in [2.05, 4.69) is 29.1 Å². The molecule has 0 amide bonds. The Labute approximate surface area is 118 Å². The fraction of sp³-hybridized carbons (Fsp3) is 0.333. The molecule has 1 aromatic carbocycles. The van der Waals surface area contributed by atoms with Crippen LogP contribution >= 0.6 is 11.3 Å². The molecule has 0 spiro atoms. The van der Waals surface area contributed by atoms with Crippen LogP contribution in [0.4, 0.5) is 11.4 Å². The van der Waals surface area contributed by atoms with Crippen LogP contribution in [0.1, 0.15) is 32.4 Å². The molecule has 3 N–H and O–H groups in total. The molecule has 0 radical (unpaired) electrons. The van der Waals surface area contributed by atoms with Crippen molar-refractivity contribution in [2.24, 2.45) is 0 Å². The number of nitrogen functional groups attached to an aromatic ring is 1. The molecule has 2 rings (SSSR count). The Bertz CT molecular complexity index is 523. The van der Waals surface area contributed by atoms with Gasteiger partial charge in [-0.05, 0) is 55.3 Å². The van der Waals surface area contributed by atoms with E-state index in [1.807, 2.05) is 32.0 Å². The fourth-order valence-electron chi connectivity index (χ4n) is 1.86. The van der Waals surface area contributed by atoms with Crippen molar-refractivity contribution in [2.45, 2.75) is 32.9 Å². The highest BCUT2D eigenvalue weighted by Gasteiger charge is 2.11. The van der Waals surface area contributed by atoms with Crippen molar-refractivity contribution < 1.29 is 4.74 Å². The summed E-state index contributed by atoms with van der Waals surface area (Å²) < 4.78 is 5.69. The van der Waals surface area contributed by atoms with Crippen LogP contribution in [-0.4, -0.2) is 6.10 Å². The number of rotatable bonds is 5. The highest BCUT2D eigenvalue weighted by atomic mass is 32.1. The standard InChI is InChI=1S/C15H20N2OS/c1-10(2)18-14-6-4-5-13(15(14)16)17-11(3)12-7-8-19-9-12/h4-11,17H,16H2,1-3H3. The molecule has 0 fully saturated rings. The zero-order valence-electron chi connectivity index (χ0n) is 11.5. The highest BCUT2D eigenvalue weighted by molar-refractivity contribution is 7.07. The number of benzene rings is 1. The number of hydrogen-bond donors (Lipinski definition) is 2. The van der Waals surface area contributed by atoms with E-state index in [0.29, 0.717) is 5.69 Å². The van der Waals surface area contributed by atoms with Crippen molar-refractivity contribution in [3.8, 4) is 5.75 Å². The zero-order chi connectivity index (χ0) is 13.8. The predicted molar refractivity (Wildman–Crippen MR) is 83.0 cm³/mol. The number of nitrogens with two attached hydrogens (primary N) is 1. The van der Waals surface area contributed by atoms with Gasteiger partial charge < -0.3 is 15.8 Å². The number of anilines is 2. The summed E-state index contributed by atoms with van der Waals surface area (Å²) in [6, 6.07) is 8.17. The summed E-state index contributed by atoms with van der Waals surface area (Å²) in [5.41, 5.74) is 8.99. The van der Waals surface area contributed by atoms with Gasteiger partial charge in [0, 0.05) is 6.04 Å². The predicted octanol–water partition coefficient (Wildman–Crippen LogP) is 4.29. The maximum Gasteiger partial charge on any atom is 0.144 e. The first-order valence-corrected chi connectivity index (χ1v) is 7.36. The minimum atomic E-state index is 0.117. The molecule has 0 bridgehead atoms. The number of thiophene rings is 1. The van der Waals surface area contributed by atoms with Crippen molar-refractivity contribution in [1.29, 1.82) is 0 Å². The van der Waals surface area contributed by atoms with Gasteiger partial charge in [0.15, 0.2) is 0 Å². The topological polar surface area (TPSA) is 47.3 Å². The van der Waals surface area contributed by atoms with Crippen LogP contribution in [-0.2, 0) is 0 Å². The molecule has 1 heterocycles. The molecule has 19 heavy (non-hydrogen) atoms. The minimum Gasteiger partial charge on any atom is -0.489 e. The lowest BCUT2D eigenvalue weighted by molar-refractivity contribution is 0.244. The van der Waals surface area contributed by atoms with Gasteiger partial charge in [-0.3, -0.25) is 0 Å². The second kappa shape index (κ2) is 5.97. The number of ether oxygens (including phenoxy) is 1. The molecule has 1 atom stereocenters. The molecule has 4 heteroatoms. The lowest BCUT2D eigenvalue weighted by Gasteiger charge is -2.19. The van der Waals surface area contributed by atoms with Gasteiger partial charge in [-0.2, -0.15) is 11.3 Å². The van der Waals surface area contributed by atoms with E-state index in [9.17, 15) is 0 Å². The summed E-state index contributed by atoms with van der Waals surface area (Å²) in [5, 5.41) is 7.65. The number of para-hydroxylation sites is 1. The molecular weight excluding hydrogens is 256 g/mol. The van der Waals surface area contributed by atoms with Crippen LogP contribution in [0.2, 0.25) is 0 Å². The van der Waals surface area contributed by atoms with Gasteiger partial charge in [-0.1, -0.05) is 6.07 Å². The van der Waals surface area contributed by atoms with Crippen LogP contribution in [0.15, 0.2) is 35.0 Å². The van der Waals surface area contributed by atoms with Crippen molar-refractivity contribution in [3.05, 3.63) is 40.6 Å². The van der Waals surface area contributed by atoms with Gasteiger partial charge in [0.1, 0.15) is 5.75 Å². The minimum absolute atomic E-state index is 0.117. The van der Waals surface area contributed by atoms with Crippen molar-refractivity contribution in [1.82, 2.24) is 0 Å². The molecule has 1 unspecified atom stereocenters. The smallest absolute Gasteiger partial charge is 0.144 e. The molecule has 3 nitrogen and oxygen atoms in total. The molecule has 0 aliphatic rings. The van der Waals surface area contributed by atoms with E-state index < -0.39 is 0 Å². The zero-order valence-corrected chi connectivity index (χ0v) is 12.3. The Hall–Kier alpha value is -1.68. The van der Waals surface area contributed by atoms with Gasteiger partial charge in [-0.25, -0.2) is 0 Å². The third-order valence-electron chi connectivity index (χ3n) is 2.84. The maximum absolute atomic E-state index is 6.15. The van der Waals surface area contributed by atoms with Gasteiger partial charge in [0.05, 0.1) is 17.5 Å². The molecule has 0 aliphatic carbocycles. The molecule has 0 saturated carbocycles. The van der Waals surface area contributed by atoms with Crippen molar-refractivity contribution in [3.63, 3.8) is 0 Å². The van der Waals surface area contributed by atoms with Crippen molar-refractivity contribution in [2.75, 3.05) is 11.1 Å². The lowest BCUT2D eigenvalue weighted by atomic mass is 10.1.